The van der Waals surface area contributed by atoms with Crippen molar-refractivity contribution in [3.63, 3.8) is 0 Å². The largest absolute Gasteiger partial charge is 0.380 e. The lowest BCUT2D eigenvalue weighted by Gasteiger charge is -2.32. The van der Waals surface area contributed by atoms with Crippen LogP contribution in [-0.2, 0) is 17.8 Å². The van der Waals surface area contributed by atoms with Crippen molar-refractivity contribution in [3.8, 4) is 0 Å². The predicted molar refractivity (Wildman–Crippen MR) is 89.3 cm³/mol. The first kappa shape index (κ1) is 15.5. The molecule has 4 heteroatoms. The minimum Gasteiger partial charge on any atom is -0.380 e. The number of methoxy groups -OCH3 is 1. The van der Waals surface area contributed by atoms with Crippen molar-refractivity contribution < 1.29 is 4.74 Å². The molecule has 2 fully saturated rings. The highest BCUT2D eigenvalue weighted by Gasteiger charge is 2.21. The topological polar surface area (TPSA) is 24.5 Å². The molecule has 1 saturated carbocycles. The highest BCUT2D eigenvalue weighted by Crippen LogP contribution is 2.24. The fraction of sp³-hybridized carbons (Fsp3) is 0.647. The molecule has 1 aliphatic carbocycles. The molecule has 3 rings (SSSR count). The van der Waals surface area contributed by atoms with E-state index in [9.17, 15) is 0 Å². The minimum absolute atomic E-state index is 0.402. The number of rotatable bonds is 6. The van der Waals surface area contributed by atoms with Crippen LogP contribution in [0.2, 0.25) is 0 Å². The lowest BCUT2D eigenvalue weighted by Crippen LogP contribution is -2.38. The Balaban J connectivity index is 1.56. The van der Waals surface area contributed by atoms with Gasteiger partial charge >= 0.3 is 0 Å². The molecule has 1 aliphatic heterocycles. The third-order valence-corrected chi connectivity index (χ3v) is 5.22. The second kappa shape index (κ2) is 7.23. The van der Waals surface area contributed by atoms with E-state index in [0.29, 0.717) is 6.10 Å². The summed E-state index contributed by atoms with van der Waals surface area (Å²) in [5.41, 5.74) is 2.74. The Kier molecular flexibility index (Phi) is 5.33. The lowest BCUT2D eigenvalue weighted by molar-refractivity contribution is 0.0285. The zero-order chi connectivity index (χ0) is 14.7. The summed E-state index contributed by atoms with van der Waals surface area (Å²) in [6.45, 7) is 4.22. The van der Waals surface area contributed by atoms with E-state index in [2.05, 4.69) is 44.3 Å². The van der Waals surface area contributed by atoms with Crippen molar-refractivity contribution in [2.75, 3.05) is 20.2 Å². The van der Waals surface area contributed by atoms with Gasteiger partial charge in [-0.15, -0.1) is 0 Å². The minimum atomic E-state index is 0.402. The zero-order valence-corrected chi connectivity index (χ0v) is 14.4. The van der Waals surface area contributed by atoms with Crippen LogP contribution in [0.15, 0.2) is 22.7 Å². The smallest absolute Gasteiger partial charge is 0.0698 e. The molecule has 1 N–H and O–H groups in total. The molecule has 2 aliphatic rings. The zero-order valence-electron chi connectivity index (χ0n) is 12.8. The first-order valence-electron chi connectivity index (χ1n) is 8.00. The predicted octanol–water partition coefficient (Wildman–Crippen LogP) is 3.31. The summed E-state index contributed by atoms with van der Waals surface area (Å²) in [6.07, 6.45) is 5.52. The second-order valence-corrected chi connectivity index (χ2v) is 7.17. The molecule has 1 aromatic rings. The fourth-order valence-electron chi connectivity index (χ4n) is 2.97. The first-order valence-corrected chi connectivity index (χ1v) is 8.79. The van der Waals surface area contributed by atoms with E-state index in [1.807, 2.05) is 7.11 Å². The monoisotopic (exact) mass is 352 g/mol. The van der Waals surface area contributed by atoms with Crippen LogP contribution in [-0.4, -0.2) is 37.2 Å². The standard InChI is InChI=1S/C17H25BrN2O/c1-21-16-3-2-8-20(12-16)11-14-5-4-13(9-17(14)18)10-19-15-6-7-15/h4-5,9,15-16,19H,2-3,6-8,10-12H2,1H3. The van der Waals surface area contributed by atoms with Crippen LogP contribution in [0.5, 0.6) is 0 Å². The van der Waals surface area contributed by atoms with E-state index in [1.54, 1.807) is 0 Å². The van der Waals surface area contributed by atoms with Gasteiger partial charge in [-0.3, -0.25) is 4.90 Å². The molecule has 21 heavy (non-hydrogen) atoms. The Morgan fingerprint density at radius 2 is 2.19 bits per heavy atom. The van der Waals surface area contributed by atoms with Crippen LogP contribution < -0.4 is 5.32 Å². The molecule has 0 amide bonds. The summed E-state index contributed by atoms with van der Waals surface area (Å²) >= 11 is 3.74. The molecule has 1 atom stereocenters. The number of likely N-dealkylation sites (tertiary alicyclic amines) is 1. The number of halogens is 1. The van der Waals surface area contributed by atoms with Crippen LogP contribution in [0.4, 0.5) is 0 Å². The van der Waals surface area contributed by atoms with Gasteiger partial charge in [-0.1, -0.05) is 28.1 Å². The van der Waals surface area contributed by atoms with E-state index in [-0.39, 0.29) is 0 Å². The molecule has 3 nitrogen and oxygen atoms in total. The maximum atomic E-state index is 5.51. The van der Waals surface area contributed by atoms with Crippen LogP contribution >= 0.6 is 15.9 Å². The Hall–Kier alpha value is -0.420. The summed E-state index contributed by atoms with van der Waals surface area (Å²) in [6, 6.07) is 7.56. The molecule has 0 aromatic heterocycles. The quantitative estimate of drug-likeness (QED) is 0.849. The number of nitrogens with one attached hydrogen (secondary N) is 1. The van der Waals surface area contributed by atoms with Gasteiger partial charge in [-0.25, -0.2) is 0 Å². The van der Waals surface area contributed by atoms with Gasteiger partial charge in [0.1, 0.15) is 0 Å². The molecule has 0 radical (unpaired) electrons. The van der Waals surface area contributed by atoms with E-state index in [1.165, 1.54) is 47.8 Å². The average Bonchev–Trinajstić information content (AvgIpc) is 3.32. The SMILES string of the molecule is COC1CCCN(Cc2ccc(CNC3CC3)cc2Br)C1. The van der Waals surface area contributed by atoms with Gasteiger partial charge in [0.25, 0.3) is 0 Å². The van der Waals surface area contributed by atoms with Gasteiger partial charge in [0.2, 0.25) is 0 Å². The van der Waals surface area contributed by atoms with E-state index in [4.69, 9.17) is 4.74 Å². The maximum absolute atomic E-state index is 5.51. The molecule has 1 heterocycles. The average molecular weight is 353 g/mol. The van der Waals surface area contributed by atoms with Crippen LogP contribution in [0.1, 0.15) is 36.8 Å². The Bertz CT molecular complexity index is 476. The molecule has 1 unspecified atom stereocenters. The highest BCUT2D eigenvalue weighted by molar-refractivity contribution is 9.10. The number of hydrogen-bond acceptors (Lipinski definition) is 3. The maximum Gasteiger partial charge on any atom is 0.0698 e. The van der Waals surface area contributed by atoms with Crippen LogP contribution in [0, 0.1) is 0 Å². The van der Waals surface area contributed by atoms with Crippen LogP contribution in [0.25, 0.3) is 0 Å². The Morgan fingerprint density at radius 3 is 2.90 bits per heavy atom. The Labute approximate surface area is 136 Å². The van der Waals surface area contributed by atoms with E-state index in [0.717, 1.165) is 25.7 Å². The number of piperidine rings is 1. The van der Waals surface area contributed by atoms with Crippen molar-refractivity contribution in [3.05, 3.63) is 33.8 Å². The highest BCUT2D eigenvalue weighted by atomic mass is 79.9. The molecule has 0 spiro atoms. The lowest BCUT2D eigenvalue weighted by atomic mass is 10.1. The van der Waals surface area contributed by atoms with Crippen molar-refractivity contribution in [2.24, 2.45) is 0 Å². The van der Waals surface area contributed by atoms with Crippen LogP contribution in [0.3, 0.4) is 0 Å². The summed E-state index contributed by atoms with van der Waals surface area (Å²) in [7, 11) is 1.83. The van der Waals surface area contributed by atoms with Crippen molar-refractivity contribution >= 4 is 15.9 Å². The number of benzene rings is 1. The van der Waals surface area contributed by atoms with Gasteiger partial charge in [0.05, 0.1) is 6.10 Å². The van der Waals surface area contributed by atoms with Gasteiger partial charge in [-0.05, 0) is 49.4 Å². The first-order chi connectivity index (χ1) is 10.2. The molecule has 1 aromatic carbocycles. The van der Waals surface area contributed by atoms with Crippen molar-refractivity contribution in [1.82, 2.24) is 10.2 Å². The van der Waals surface area contributed by atoms with Gasteiger partial charge in [0, 0.05) is 37.3 Å². The summed E-state index contributed by atoms with van der Waals surface area (Å²) in [5, 5.41) is 3.57. The Morgan fingerprint density at radius 1 is 1.33 bits per heavy atom. The molecular formula is C17H25BrN2O. The summed E-state index contributed by atoms with van der Waals surface area (Å²) < 4.78 is 6.74. The van der Waals surface area contributed by atoms with Crippen molar-refractivity contribution in [1.29, 1.82) is 0 Å². The van der Waals surface area contributed by atoms with Gasteiger partial charge in [0.15, 0.2) is 0 Å². The van der Waals surface area contributed by atoms with Crippen molar-refractivity contribution in [2.45, 2.75) is 50.9 Å². The number of nitrogens with zero attached hydrogens (tertiary/aromatic N) is 1. The number of ether oxygens (including phenoxy) is 1. The van der Waals surface area contributed by atoms with Gasteiger partial charge < -0.3 is 10.1 Å². The number of hydrogen-bond donors (Lipinski definition) is 1. The third kappa shape index (κ3) is 4.52. The normalized spacial score (nSPS) is 23.4. The fourth-order valence-corrected chi connectivity index (χ4v) is 3.52. The van der Waals surface area contributed by atoms with E-state index < -0.39 is 0 Å². The molecular weight excluding hydrogens is 328 g/mol. The molecule has 1 saturated heterocycles. The van der Waals surface area contributed by atoms with E-state index >= 15 is 0 Å². The second-order valence-electron chi connectivity index (χ2n) is 6.32. The molecule has 0 bridgehead atoms. The summed E-state index contributed by atoms with van der Waals surface area (Å²) in [4.78, 5) is 2.50. The molecule has 116 valence electrons. The third-order valence-electron chi connectivity index (χ3n) is 4.48. The summed E-state index contributed by atoms with van der Waals surface area (Å²) in [5.74, 6) is 0. The van der Waals surface area contributed by atoms with Gasteiger partial charge in [-0.2, -0.15) is 0 Å².